The van der Waals surface area contributed by atoms with Crippen molar-refractivity contribution in [2.75, 3.05) is 26.2 Å². The average Bonchev–Trinajstić information content (AvgIpc) is 2.62. The number of nitrogens with zero attached hydrogens (tertiary/aromatic N) is 1. The van der Waals surface area contributed by atoms with Crippen LogP contribution in [0, 0.1) is 0 Å². The van der Waals surface area contributed by atoms with Gasteiger partial charge in [-0.1, -0.05) is 31.2 Å². The van der Waals surface area contributed by atoms with Crippen LogP contribution in [0.5, 0.6) is 0 Å². The fourth-order valence-electron chi connectivity index (χ4n) is 2.26. The summed E-state index contributed by atoms with van der Waals surface area (Å²) in [4.78, 5) is 13.8. The molecule has 1 heterocycles. The minimum absolute atomic E-state index is 0.283. The molecule has 1 aliphatic heterocycles. The molecule has 1 amide bonds. The van der Waals surface area contributed by atoms with Crippen LogP contribution < -0.4 is 5.32 Å². The van der Waals surface area contributed by atoms with Gasteiger partial charge in [-0.25, -0.2) is 0 Å². The molecule has 0 bridgehead atoms. The molecule has 1 fully saturated rings. The van der Waals surface area contributed by atoms with Gasteiger partial charge in [-0.2, -0.15) is 0 Å². The summed E-state index contributed by atoms with van der Waals surface area (Å²) in [5, 5.41) is 3.26. The average molecular weight is 246 g/mol. The molecule has 18 heavy (non-hydrogen) atoms. The quantitative estimate of drug-likeness (QED) is 0.875. The third kappa shape index (κ3) is 3.57. The van der Waals surface area contributed by atoms with Crippen molar-refractivity contribution in [1.82, 2.24) is 10.2 Å². The second-order valence-corrected chi connectivity index (χ2v) is 4.80. The molecule has 1 saturated heterocycles. The monoisotopic (exact) mass is 246 g/mol. The van der Waals surface area contributed by atoms with E-state index in [-0.39, 0.29) is 5.91 Å². The number of hydrogen-bond acceptors (Lipinski definition) is 2. The van der Waals surface area contributed by atoms with Crippen molar-refractivity contribution >= 4 is 5.91 Å². The zero-order valence-electron chi connectivity index (χ0n) is 11.1. The van der Waals surface area contributed by atoms with Crippen molar-refractivity contribution in [3.05, 3.63) is 35.4 Å². The first kappa shape index (κ1) is 13.1. The van der Waals surface area contributed by atoms with E-state index in [1.54, 1.807) is 0 Å². The van der Waals surface area contributed by atoms with Gasteiger partial charge in [-0.3, -0.25) is 4.79 Å². The lowest BCUT2D eigenvalue weighted by molar-refractivity contribution is -0.130. The van der Waals surface area contributed by atoms with Gasteiger partial charge in [0.25, 0.3) is 0 Å². The van der Waals surface area contributed by atoms with Crippen LogP contribution in [0.1, 0.15) is 24.5 Å². The number of carbonyl (C=O) groups is 1. The van der Waals surface area contributed by atoms with Crippen LogP contribution in [0.25, 0.3) is 0 Å². The highest BCUT2D eigenvalue weighted by Gasteiger charge is 2.15. The van der Waals surface area contributed by atoms with Crippen molar-refractivity contribution in [2.24, 2.45) is 0 Å². The molecule has 2 rings (SSSR count). The van der Waals surface area contributed by atoms with E-state index in [0.717, 1.165) is 39.0 Å². The highest BCUT2D eigenvalue weighted by Crippen LogP contribution is 2.07. The van der Waals surface area contributed by atoms with Crippen LogP contribution in [-0.4, -0.2) is 37.0 Å². The third-order valence-corrected chi connectivity index (χ3v) is 3.53. The van der Waals surface area contributed by atoms with Gasteiger partial charge in [-0.15, -0.1) is 0 Å². The van der Waals surface area contributed by atoms with Gasteiger partial charge in [-0.05, 0) is 24.0 Å². The van der Waals surface area contributed by atoms with Crippen LogP contribution in [0.2, 0.25) is 0 Å². The number of amides is 1. The zero-order chi connectivity index (χ0) is 12.8. The summed E-state index contributed by atoms with van der Waals surface area (Å²) < 4.78 is 0. The van der Waals surface area contributed by atoms with Gasteiger partial charge < -0.3 is 10.2 Å². The normalized spacial score (nSPS) is 16.7. The molecule has 1 N–H and O–H groups in total. The zero-order valence-corrected chi connectivity index (χ0v) is 11.1. The molecule has 3 heteroatoms. The number of hydrogen-bond donors (Lipinski definition) is 1. The smallest absolute Gasteiger partial charge is 0.223 e. The molecule has 0 saturated carbocycles. The lowest BCUT2D eigenvalue weighted by Crippen LogP contribution is -2.34. The number of carbonyl (C=O) groups excluding carboxylic acids is 1. The number of rotatable bonds is 4. The van der Waals surface area contributed by atoms with Gasteiger partial charge in [0.05, 0.1) is 0 Å². The van der Waals surface area contributed by atoms with Crippen molar-refractivity contribution in [2.45, 2.75) is 26.2 Å². The van der Waals surface area contributed by atoms with Gasteiger partial charge in [0.1, 0.15) is 0 Å². The first-order chi connectivity index (χ1) is 8.79. The molecule has 0 aliphatic carbocycles. The lowest BCUT2D eigenvalue weighted by atomic mass is 10.1. The first-order valence-electron chi connectivity index (χ1n) is 6.86. The Morgan fingerprint density at radius 1 is 1.17 bits per heavy atom. The van der Waals surface area contributed by atoms with E-state index in [4.69, 9.17) is 0 Å². The highest BCUT2D eigenvalue weighted by molar-refractivity contribution is 5.76. The Morgan fingerprint density at radius 3 is 2.61 bits per heavy atom. The topological polar surface area (TPSA) is 32.3 Å². The van der Waals surface area contributed by atoms with Gasteiger partial charge >= 0.3 is 0 Å². The lowest BCUT2D eigenvalue weighted by Gasteiger charge is -2.20. The Balaban J connectivity index is 1.87. The van der Waals surface area contributed by atoms with Crippen molar-refractivity contribution in [1.29, 1.82) is 0 Å². The molecule has 1 aromatic carbocycles. The highest BCUT2D eigenvalue weighted by atomic mass is 16.2. The predicted octanol–water partition coefficient (Wildman–Crippen LogP) is 1.61. The van der Waals surface area contributed by atoms with Crippen LogP contribution in [0.15, 0.2) is 24.3 Å². The first-order valence-corrected chi connectivity index (χ1v) is 6.86. The van der Waals surface area contributed by atoms with E-state index in [0.29, 0.717) is 6.42 Å². The maximum atomic E-state index is 11.8. The fraction of sp³-hybridized carbons (Fsp3) is 0.533. The van der Waals surface area contributed by atoms with Crippen LogP contribution in [0.4, 0.5) is 0 Å². The Bertz CT molecular complexity index is 386. The molecular formula is C15H22N2O. The van der Waals surface area contributed by atoms with E-state index in [9.17, 15) is 4.79 Å². The molecule has 0 spiro atoms. The molecule has 3 nitrogen and oxygen atoms in total. The number of aryl methyl sites for hydroxylation is 1. The van der Waals surface area contributed by atoms with Gasteiger partial charge in [0, 0.05) is 32.6 Å². The Morgan fingerprint density at radius 2 is 1.89 bits per heavy atom. The van der Waals surface area contributed by atoms with Crippen molar-refractivity contribution in [3.63, 3.8) is 0 Å². The van der Waals surface area contributed by atoms with Gasteiger partial charge in [0.15, 0.2) is 0 Å². The largest absolute Gasteiger partial charge is 0.341 e. The fourth-order valence-corrected chi connectivity index (χ4v) is 2.26. The minimum Gasteiger partial charge on any atom is -0.341 e. The molecule has 98 valence electrons. The van der Waals surface area contributed by atoms with Crippen LogP contribution >= 0.6 is 0 Å². The van der Waals surface area contributed by atoms with Gasteiger partial charge in [0.2, 0.25) is 5.91 Å². The summed E-state index contributed by atoms with van der Waals surface area (Å²) in [7, 11) is 0. The maximum Gasteiger partial charge on any atom is 0.223 e. The van der Waals surface area contributed by atoms with E-state index >= 15 is 0 Å². The standard InChI is InChI=1S/C15H22N2O/c1-2-13-3-5-14(6-4-13)8-11-17-12-10-16-9-7-15(17)18/h3-6,16H,2,7-12H2,1H3. The summed E-state index contributed by atoms with van der Waals surface area (Å²) in [5.41, 5.74) is 2.69. The summed E-state index contributed by atoms with van der Waals surface area (Å²) in [5.74, 6) is 0.283. The predicted molar refractivity (Wildman–Crippen MR) is 73.6 cm³/mol. The Kier molecular flexibility index (Phi) is 4.76. The Hall–Kier alpha value is -1.35. The van der Waals surface area contributed by atoms with Crippen LogP contribution in [0.3, 0.4) is 0 Å². The molecular weight excluding hydrogens is 224 g/mol. The minimum atomic E-state index is 0.283. The second-order valence-electron chi connectivity index (χ2n) is 4.80. The molecule has 0 atom stereocenters. The van der Waals surface area contributed by atoms with E-state index < -0.39 is 0 Å². The van der Waals surface area contributed by atoms with Crippen molar-refractivity contribution < 1.29 is 4.79 Å². The maximum absolute atomic E-state index is 11.8. The molecule has 1 aromatic rings. The number of benzene rings is 1. The van der Waals surface area contributed by atoms with E-state index in [1.165, 1.54) is 11.1 Å². The number of nitrogens with one attached hydrogen (secondary N) is 1. The van der Waals surface area contributed by atoms with E-state index in [2.05, 4.69) is 36.5 Å². The second kappa shape index (κ2) is 6.55. The van der Waals surface area contributed by atoms with E-state index in [1.807, 2.05) is 4.90 Å². The molecule has 0 aromatic heterocycles. The third-order valence-electron chi connectivity index (χ3n) is 3.53. The van der Waals surface area contributed by atoms with Crippen LogP contribution in [-0.2, 0) is 17.6 Å². The summed E-state index contributed by atoms with van der Waals surface area (Å²) in [6.07, 6.45) is 2.67. The van der Waals surface area contributed by atoms with Crippen molar-refractivity contribution in [3.8, 4) is 0 Å². The SMILES string of the molecule is CCc1ccc(CCN2CCNCCC2=O)cc1. The summed E-state index contributed by atoms with van der Waals surface area (Å²) in [6.45, 7) is 5.58. The summed E-state index contributed by atoms with van der Waals surface area (Å²) in [6, 6.07) is 8.72. The Labute approximate surface area is 109 Å². The molecule has 1 aliphatic rings. The summed E-state index contributed by atoms with van der Waals surface area (Å²) >= 11 is 0. The molecule has 0 unspecified atom stereocenters. The molecule has 0 radical (unpaired) electrons.